The van der Waals surface area contributed by atoms with E-state index in [0.29, 0.717) is 59.0 Å². The van der Waals surface area contributed by atoms with Crippen molar-refractivity contribution in [1.29, 1.82) is 0 Å². The van der Waals surface area contributed by atoms with E-state index in [4.69, 9.17) is 20.9 Å². The van der Waals surface area contributed by atoms with Gasteiger partial charge in [-0.3, -0.25) is 13.8 Å². The number of hydrogen-bond donors (Lipinski definition) is 0. The van der Waals surface area contributed by atoms with Gasteiger partial charge in [0.05, 0.1) is 16.7 Å². The maximum atomic E-state index is 13.2. The van der Waals surface area contributed by atoms with Gasteiger partial charge in [0.15, 0.2) is 5.16 Å². The molecule has 5 rings (SSSR count). The van der Waals surface area contributed by atoms with Crippen molar-refractivity contribution in [2.75, 3.05) is 13.2 Å². The molecular weight excluding hydrogens is 474 g/mol. The third kappa shape index (κ3) is 4.46. The molecule has 8 nitrogen and oxygen atoms in total. The Hall–Kier alpha value is -3.14. The minimum absolute atomic E-state index is 0.0774. The zero-order chi connectivity index (χ0) is 23.5. The summed E-state index contributed by atoms with van der Waals surface area (Å²) >= 11 is 7.45. The molecule has 3 aromatic heterocycles. The number of halogens is 1. The normalized spacial score (nSPS) is 11.6. The molecular formula is C24H22ClN5O3S. The van der Waals surface area contributed by atoms with Gasteiger partial charge in [0, 0.05) is 36.4 Å². The second-order valence-electron chi connectivity index (χ2n) is 7.62. The van der Waals surface area contributed by atoms with Gasteiger partial charge in [-0.25, -0.2) is 0 Å². The van der Waals surface area contributed by atoms with Gasteiger partial charge >= 0.3 is 0 Å². The average Bonchev–Trinajstić information content (AvgIpc) is 3.50. The molecule has 0 saturated heterocycles. The molecule has 2 aromatic carbocycles. The number of ether oxygens (including phenoxy) is 1. The van der Waals surface area contributed by atoms with Crippen LogP contribution in [0, 0.1) is 0 Å². The van der Waals surface area contributed by atoms with Crippen LogP contribution in [0.15, 0.2) is 69.1 Å². The van der Waals surface area contributed by atoms with Crippen LogP contribution in [0.4, 0.5) is 0 Å². The molecule has 0 aliphatic carbocycles. The van der Waals surface area contributed by atoms with Crippen molar-refractivity contribution in [3.05, 3.63) is 75.7 Å². The number of hydrogen-bond acceptors (Lipinski definition) is 7. The number of benzene rings is 2. The first-order chi connectivity index (χ1) is 16.7. The highest BCUT2D eigenvalue weighted by atomic mass is 35.5. The molecule has 0 amide bonds. The zero-order valence-corrected chi connectivity index (χ0v) is 20.1. The molecule has 0 spiro atoms. The predicted octanol–water partition coefficient (Wildman–Crippen LogP) is 5.07. The van der Waals surface area contributed by atoms with E-state index in [1.165, 1.54) is 11.8 Å². The smallest absolute Gasteiger partial charge is 0.262 e. The van der Waals surface area contributed by atoms with Gasteiger partial charge < -0.3 is 9.26 Å². The summed E-state index contributed by atoms with van der Waals surface area (Å²) in [6.45, 7) is 3.69. The van der Waals surface area contributed by atoms with E-state index in [1.54, 1.807) is 4.57 Å². The fourth-order valence-electron chi connectivity index (χ4n) is 3.77. The number of aryl methyl sites for hydroxylation is 1. The number of nitrogens with zero attached hydrogens (tertiary/aromatic N) is 5. The van der Waals surface area contributed by atoms with E-state index in [0.717, 1.165) is 16.8 Å². The fraction of sp³-hybridized carbons (Fsp3) is 0.250. The van der Waals surface area contributed by atoms with E-state index in [-0.39, 0.29) is 5.56 Å². The Bertz CT molecular complexity index is 1490. The summed E-state index contributed by atoms with van der Waals surface area (Å²) in [5.41, 5.74) is 2.37. The minimum atomic E-state index is -0.0774. The number of rotatable bonds is 9. The molecule has 0 aliphatic heterocycles. The van der Waals surface area contributed by atoms with Crippen LogP contribution in [0.5, 0.6) is 0 Å². The molecule has 5 aromatic rings. The number of fused-ring (bicyclic) bond motifs is 3. The van der Waals surface area contributed by atoms with E-state index in [2.05, 4.69) is 15.4 Å². The summed E-state index contributed by atoms with van der Waals surface area (Å²) in [5, 5.41) is 14.9. The lowest BCUT2D eigenvalue weighted by Crippen LogP contribution is -2.24. The van der Waals surface area contributed by atoms with E-state index < -0.39 is 0 Å². The summed E-state index contributed by atoms with van der Waals surface area (Å²) < 4.78 is 14.6. The maximum Gasteiger partial charge on any atom is 0.262 e. The number of aromatic nitrogens is 5. The molecule has 10 heteroatoms. The van der Waals surface area contributed by atoms with Crippen LogP contribution in [0.25, 0.3) is 27.9 Å². The lowest BCUT2D eigenvalue weighted by molar-refractivity contribution is 0.141. The fourth-order valence-corrected chi connectivity index (χ4v) is 4.71. The Morgan fingerprint density at radius 2 is 1.94 bits per heavy atom. The molecule has 0 atom stereocenters. The van der Waals surface area contributed by atoms with Crippen molar-refractivity contribution >= 4 is 40.0 Å². The predicted molar refractivity (Wildman–Crippen MR) is 132 cm³/mol. The number of thioether (sulfide) groups is 1. The molecule has 0 N–H and O–H groups in total. The Balaban J connectivity index is 1.45. The van der Waals surface area contributed by atoms with Crippen LogP contribution in [0.3, 0.4) is 0 Å². The lowest BCUT2D eigenvalue weighted by atomic mass is 10.1. The molecule has 0 bridgehead atoms. The Labute approximate surface area is 204 Å². The van der Waals surface area contributed by atoms with Crippen LogP contribution < -0.4 is 5.56 Å². The minimum Gasteiger partial charge on any atom is -0.382 e. The SMILES string of the molecule is CCOCCCn1c(=O)c2ccccc2n2c(SCc3cc(-c4ccc(Cl)cc4)no3)nnc12. The zero-order valence-electron chi connectivity index (χ0n) is 18.5. The van der Waals surface area contributed by atoms with Gasteiger partial charge in [-0.1, -0.05) is 52.8 Å². The third-order valence-corrected chi connectivity index (χ3v) is 6.60. The summed E-state index contributed by atoms with van der Waals surface area (Å²) in [7, 11) is 0. The average molecular weight is 496 g/mol. The van der Waals surface area contributed by atoms with Crippen molar-refractivity contribution in [1.82, 2.24) is 24.3 Å². The van der Waals surface area contributed by atoms with E-state index in [9.17, 15) is 4.79 Å². The van der Waals surface area contributed by atoms with Crippen LogP contribution in [0.1, 0.15) is 19.1 Å². The molecule has 0 fully saturated rings. The van der Waals surface area contributed by atoms with Crippen molar-refractivity contribution in [2.24, 2.45) is 0 Å². The van der Waals surface area contributed by atoms with Crippen LogP contribution >= 0.6 is 23.4 Å². The number of para-hydroxylation sites is 1. The molecule has 0 unspecified atom stereocenters. The van der Waals surface area contributed by atoms with Crippen molar-refractivity contribution < 1.29 is 9.26 Å². The highest BCUT2D eigenvalue weighted by Crippen LogP contribution is 2.27. The topological polar surface area (TPSA) is 87.5 Å². The van der Waals surface area contributed by atoms with E-state index >= 15 is 0 Å². The van der Waals surface area contributed by atoms with E-state index in [1.807, 2.05) is 65.9 Å². The molecule has 174 valence electrons. The summed E-state index contributed by atoms with van der Waals surface area (Å²) in [6, 6.07) is 16.9. The third-order valence-electron chi connectivity index (χ3n) is 5.40. The lowest BCUT2D eigenvalue weighted by Gasteiger charge is -2.11. The van der Waals surface area contributed by atoms with Crippen LogP contribution in [-0.4, -0.2) is 37.5 Å². The highest BCUT2D eigenvalue weighted by molar-refractivity contribution is 7.98. The molecule has 0 radical (unpaired) electrons. The van der Waals surface area contributed by atoms with Crippen LogP contribution in [-0.2, 0) is 17.0 Å². The Morgan fingerprint density at radius 3 is 2.76 bits per heavy atom. The van der Waals surface area contributed by atoms with Gasteiger partial charge in [0.25, 0.3) is 5.56 Å². The highest BCUT2D eigenvalue weighted by Gasteiger charge is 2.17. The summed E-state index contributed by atoms with van der Waals surface area (Å²) in [6.07, 6.45) is 0.711. The quantitative estimate of drug-likeness (QED) is 0.208. The monoisotopic (exact) mass is 495 g/mol. The standard InChI is InChI=1S/C24H22ClN5O3S/c1-2-32-13-5-12-29-22(31)19-6-3-4-7-21(19)30-23(29)26-27-24(30)34-15-18-14-20(28-33-18)16-8-10-17(25)11-9-16/h3-4,6-11,14H,2,5,12-13,15H2,1H3. The summed E-state index contributed by atoms with van der Waals surface area (Å²) in [5.74, 6) is 1.74. The largest absolute Gasteiger partial charge is 0.382 e. The Kier molecular flexibility index (Phi) is 6.66. The van der Waals surface area contributed by atoms with Crippen LogP contribution in [0.2, 0.25) is 5.02 Å². The Morgan fingerprint density at radius 1 is 1.12 bits per heavy atom. The van der Waals surface area contributed by atoms with Gasteiger partial charge in [-0.15, -0.1) is 10.2 Å². The first-order valence-corrected chi connectivity index (χ1v) is 12.3. The van der Waals surface area contributed by atoms with Gasteiger partial charge in [0.1, 0.15) is 11.5 Å². The second kappa shape index (κ2) is 10.0. The maximum absolute atomic E-state index is 13.2. The van der Waals surface area contributed by atoms with Gasteiger partial charge in [0.2, 0.25) is 5.78 Å². The molecule has 0 aliphatic rings. The summed E-state index contributed by atoms with van der Waals surface area (Å²) in [4.78, 5) is 13.2. The van der Waals surface area contributed by atoms with Crippen molar-refractivity contribution in [2.45, 2.75) is 30.8 Å². The molecule has 34 heavy (non-hydrogen) atoms. The van der Waals surface area contributed by atoms with Crippen molar-refractivity contribution in [3.63, 3.8) is 0 Å². The first kappa shape index (κ1) is 22.6. The van der Waals surface area contributed by atoms with Gasteiger partial charge in [-0.2, -0.15) is 0 Å². The second-order valence-corrected chi connectivity index (χ2v) is 9.00. The van der Waals surface area contributed by atoms with Gasteiger partial charge in [-0.05, 0) is 37.6 Å². The molecule has 3 heterocycles. The van der Waals surface area contributed by atoms with Crippen molar-refractivity contribution in [3.8, 4) is 11.3 Å². The first-order valence-electron chi connectivity index (χ1n) is 10.9. The molecule has 0 saturated carbocycles.